The standard InChI is InChI=1S/C15H22N2O2/c1-15(2,3)19-14(18)17-13-6-4-11(5-7-13)8-12-9-16-10-12/h4-7,12,16H,8-10H2,1-3H3,(H,17,18). The number of rotatable bonds is 3. The van der Waals surface area contributed by atoms with Crippen molar-refractivity contribution in [3.63, 3.8) is 0 Å². The third-order valence-electron chi connectivity index (χ3n) is 2.99. The minimum Gasteiger partial charge on any atom is -0.444 e. The Morgan fingerprint density at radius 2 is 1.95 bits per heavy atom. The molecule has 1 heterocycles. The minimum atomic E-state index is -0.471. The lowest BCUT2D eigenvalue weighted by Gasteiger charge is -2.27. The molecule has 2 N–H and O–H groups in total. The van der Waals surface area contributed by atoms with Gasteiger partial charge in [-0.1, -0.05) is 12.1 Å². The van der Waals surface area contributed by atoms with E-state index in [-0.39, 0.29) is 0 Å². The van der Waals surface area contributed by atoms with Crippen LogP contribution in [0.2, 0.25) is 0 Å². The van der Waals surface area contributed by atoms with Gasteiger partial charge in [0.15, 0.2) is 0 Å². The number of nitrogens with one attached hydrogen (secondary N) is 2. The molecule has 0 bridgehead atoms. The van der Waals surface area contributed by atoms with Crippen molar-refractivity contribution in [3.05, 3.63) is 29.8 Å². The average molecular weight is 262 g/mol. The molecule has 0 unspecified atom stereocenters. The Morgan fingerprint density at radius 1 is 1.32 bits per heavy atom. The van der Waals surface area contributed by atoms with Crippen molar-refractivity contribution in [1.29, 1.82) is 0 Å². The Morgan fingerprint density at radius 3 is 2.42 bits per heavy atom. The molecule has 4 heteroatoms. The zero-order valence-electron chi connectivity index (χ0n) is 11.8. The van der Waals surface area contributed by atoms with E-state index in [4.69, 9.17) is 4.74 Å². The third kappa shape index (κ3) is 4.56. The fraction of sp³-hybridized carbons (Fsp3) is 0.533. The average Bonchev–Trinajstić information content (AvgIpc) is 2.23. The van der Waals surface area contributed by atoms with Crippen LogP contribution in [-0.2, 0) is 11.2 Å². The Labute approximate surface area is 114 Å². The van der Waals surface area contributed by atoms with E-state index in [1.165, 1.54) is 5.56 Å². The molecule has 0 atom stereocenters. The zero-order valence-corrected chi connectivity index (χ0v) is 11.8. The van der Waals surface area contributed by atoms with E-state index in [1.807, 2.05) is 32.9 Å². The SMILES string of the molecule is CC(C)(C)OC(=O)Nc1ccc(CC2CNC2)cc1. The van der Waals surface area contributed by atoms with Gasteiger partial charge in [0.1, 0.15) is 5.60 Å². The molecule has 0 aliphatic carbocycles. The van der Waals surface area contributed by atoms with Crippen LogP contribution >= 0.6 is 0 Å². The van der Waals surface area contributed by atoms with Crippen LogP contribution in [0, 0.1) is 5.92 Å². The molecule has 1 saturated heterocycles. The lowest BCUT2D eigenvalue weighted by atomic mass is 9.94. The first-order valence-corrected chi connectivity index (χ1v) is 6.72. The molecular formula is C15H22N2O2. The van der Waals surface area contributed by atoms with Gasteiger partial charge in [0.25, 0.3) is 0 Å². The van der Waals surface area contributed by atoms with Crippen LogP contribution in [0.25, 0.3) is 0 Å². The van der Waals surface area contributed by atoms with Crippen LogP contribution < -0.4 is 10.6 Å². The van der Waals surface area contributed by atoms with Crippen LogP contribution in [0.4, 0.5) is 10.5 Å². The van der Waals surface area contributed by atoms with Crippen molar-refractivity contribution in [1.82, 2.24) is 5.32 Å². The lowest BCUT2D eigenvalue weighted by Crippen LogP contribution is -2.43. The number of carbonyl (C=O) groups excluding carboxylic acids is 1. The summed E-state index contributed by atoms with van der Waals surface area (Å²) in [5.74, 6) is 0.754. The van der Waals surface area contributed by atoms with Gasteiger partial charge < -0.3 is 10.1 Å². The molecule has 104 valence electrons. The van der Waals surface area contributed by atoms with E-state index in [1.54, 1.807) is 0 Å². The Balaban J connectivity index is 1.85. The Kier molecular flexibility index (Phi) is 4.10. The second kappa shape index (κ2) is 5.61. The number of hydrogen-bond donors (Lipinski definition) is 2. The highest BCUT2D eigenvalue weighted by atomic mass is 16.6. The number of ether oxygens (including phenoxy) is 1. The van der Waals surface area contributed by atoms with E-state index in [9.17, 15) is 4.79 Å². The van der Waals surface area contributed by atoms with E-state index in [2.05, 4.69) is 22.8 Å². The van der Waals surface area contributed by atoms with Gasteiger partial charge in [-0.05, 0) is 63.9 Å². The molecule has 1 aliphatic heterocycles. The molecule has 1 aromatic rings. The first-order valence-electron chi connectivity index (χ1n) is 6.72. The summed E-state index contributed by atoms with van der Waals surface area (Å²) < 4.78 is 5.20. The van der Waals surface area contributed by atoms with Crippen LogP contribution in [0.1, 0.15) is 26.3 Å². The normalized spacial score (nSPS) is 15.7. The van der Waals surface area contributed by atoms with Crippen LogP contribution in [0.15, 0.2) is 24.3 Å². The number of anilines is 1. The summed E-state index contributed by atoms with van der Waals surface area (Å²) in [6.45, 7) is 7.77. The molecule has 0 aromatic heterocycles. The van der Waals surface area contributed by atoms with Crippen molar-refractivity contribution >= 4 is 11.8 Å². The zero-order chi connectivity index (χ0) is 13.9. The monoisotopic (exact) mass is 262 g/mol. The van der Waals surface area contributed by atoms with Crippen LogP contribution in [-0.4, -0.2) is 24.8 Å². The fourth-order valence-electron chi connectivity index (χ4n) is 1.97. The summed E-state index contributed by atoms with van der Waals surface area (Å²) in [4.78, 5) is 11.6. The largest absolute Gasteiger partial charge is 0.444 e. The number of hydrogen-bond acceptors (Lipinski definition) is 3. The van der Waals surface area contributed by atoms with Crippen molar-refractivity contribution < 1.29 is 9.53 Å². The highest BCUT2D eigenvalue weighted by Gasteiger charge is 2.17. The van der Waals surface area contributed by atoms with Crippen molar-refractivity contribution in [2.45, 2.75) is 32.8 Å². The molecule has 1 fully saturated rings. The van der Waals surface area contributed by atoms with Gasteiger partial charge in [0.05, 0.1) is 0 Å². The molecule has 0 saturated carbocycles. The predicted molar refractivity (Wildman–Crippen MR) is 76.4 cm³/mol. The van der Waals surface area contributed by atoms with Gasteiger partial charge in [0, 0.05) is 5.69 Å². The maximum absolute atomic E-state index is 11.6. The molecule has 2 rings (SSSR count). The summed E-state index contributed by atoms with van der Waals surface area (Å²) in [5, 5.41) is 6.00. The number of carbonyl (C=O) groups is 1. The Hall–Kier alpha value is -1.55. The summed E-state index contributed by atoms with van der Waals surface area (Å²) in [5.41, 5.74) is 1.60. The molecule has 1 aliphatic rings. The lowest BCUT2D eigenvalue weighted by molar-refractivity contribution is 0.0636. The first-order chi connectivity index (χ1) is 8.92. The number of amides is 1. The number of benzene rings is 1. The van der Waals surface area contributed by atoms with E-state index in [0.717, 1.165) is 31.1 Å². The third-order valence-corrected chi connectivity index (χ3v) is 2.99. The Bertz CT molecular complexity index is 430. The van der Waals surface area contributed by atoms with E-state index >= 15 is 0 Å². The smallest absolute Gasteiger partial charge is 0.412 e. The predicted octanol–water partition coefficient (Wildman–Crippen LogP) is 2.80. The molecule has 1 amide bonds. The molecule has 1 aromatic carbocycles. The van der Waals surface area contributed by atoms with Gasteiger partial charge >= 0.3 is 6.09 Å². The van der Waals surface area contributed by atoms with Crippen molar-refractivity contribution in [2.24, 2.45) is 5.92 Å². The highest BCUT2D eigenvalue weighted by Crippen LogP contribution is 2.16. The highest BCUT2D eigenvalue weighted by molar-refractivity contribution is 5.84. The van der Waals surface area contributed by atoms with Crippen LogP contribution in [0.3, 0.4) is 0 Å². The van der Waals surface area contributed by atoms with Crippen molar-refractivity contribution in [3.8, 4) is 0 Å². The minimum absolute atomic E-state index is 0.413. The second-order valence-electron chi connectivity index (χ2n) is 6.05. The van der Waals surface area contributed by atoms with Gasteiger partial charge in [-0.25, -0.2) is 4.79 Å². The fourth-order valence-corrected chi connectivity index (χ4v) is 1.97. The first kappa shape index (κ1) is 13.9. The maximum atomic E-state index is 11.6. The van der Waals surface area contributed by atoms with Crippen molar-refractivity contribution in [2.75, 3.05) is 18.4 Å². The summed E-state index contributed by atoms with van der Waals surface area (Å²) in [6, 6.07) is 7.97. The van der Waals surface area contributed by atoms with Gasteiger partial charge in [-0.2, -0.15) is 0 Å². The summed E-state index contributed by atoms with van der Waals surface area (Å²) >= 11 is 0. The molecule has 4 nitrogen and oxygen atoms in total. The van der Waals surface area contributed by atoms with Gasteiger partial charge in [-0.15, -0.1) is 0 Å². The maximum Gasteiger partial charge on any atom is 0.412 e. The second-order valence-corrected chi connectivity index (χ2v) is 6.05. The van der Waals surface area contributed by atoms with E-state index in [0.29, 0.717) is 0 Å². The molecule has 0 spiro atoms. The molecular weight excluding hydrogens is 240 g/mol. The van der Waals surface area contributed by atoms with Crippen LogP contribution in [0.5, 0.6) is 0 Å². The quantitative estimate of drug-likeness (QED) is 0.880. The summed E-state index contributed by atoms with van der Waals surface area (Å²) in [7, 11) is 0. The van der Waals surface area contributed by atoms with Gasteiger partial charge in [0.2, 0.25) is 0 Å². The molecule has 19 heavy (non-hydrogen) atoms. The molecule has 0 radical (unpaired) electrons. The topological polar surface area (TPSA) is 50.4 Å². The van der Waals surface area contributed by atoms with E-state index < -0.39 is 11.7 Å². The summed E-state index contributed by atoms with van der Waals surface area (Å²) in [6.07, 6.45) is 0.683. The van der Waals surface area contributed by atoms with Gasteiger partial charge in [-0.3, -0.25) is 5.32 Å².